The molecule has 1 aliphatic rings. The summed E-state index contributed by atoms with van der Waals surface area (Å²) < 4.78 is 5.37. The number of hydrogen-bond acceptors (Lipinski definition) is 4. The van der Waals surface area contributed by atoms with Crippen molar-refractivity contribution in [2.75, 3.05) is 26.3 Å². The van der Waals surface area contributed by atoms with E-state index in [1.807, 2.05) is 12.1 Å². The van der Waals surface area contributed by atoms with Gasteiger partial charge < -0.3 is 14.7 Å². The number of aryl methyl sites for hydroxylation is 1. The van der Waals surface area contributed by atoms with Crippen molar-refractivity contribution in [2.24, 2.45) is 0 Å². The van der Waals surface area contributed by atoms with Crippen LogP contribution in [-0.2, 0) is 0 Å². The van der Waals surface area contributed by atoms with Crippen LogP contribution in [0.25, 0.3) is 5.57 Å². The van der Waals surface area contributed by atoms with E-state index in [-0.39, 0.29) is 25.0 Å². The van der Waals surface area contributed by atoms with Crippen LogP contribution in [0.1, 0.15) is 21.5 Å². The Labute approximate surface area is 141 Å². The lowest BCUT2D eigenvalue weighted by molar-refractivity contribution is 0.0794. The van der Waals surface area contributed by atoms with E-state index in [0.29, 0.717) is 18.7 Å². The highest BCUT2D eigenvalue weighted by atomic mass is 16.5. The summed E-state index contributed by atoms with van der Waals surface area (Å²) in [4.78, 5) is 18.7. The first-order valence-corrected chi connectivity index (χ1v) is 7.93. The summed E-state index contributed by atoms with van der Waals surface area (Å²) in [5.74, 6) is 0.150. The molecule has 0 aliphatic carbocycles. The number of benzene rings is 1. The van der Waals surface area contributed by atoms with E-state index in [1.54, 1.807) is 23.2 Å². The van der Waals surface area contributed by atoms with E-state index < -0.39 is 0 Å². The third-order valence-corrected chi connectivity index (χ3v) is 4.03. The molecule has 0 atom stereocenters. The van der Waals surface area contributed by atoms with Gasteiger partial charge in [0.25, 0.3) is 5.91 Å². The Kier molecular flexibility index (Phi) is 4.91. The Morgan fingerprint density at radius 3 is 2.92 bits per heavy atom. The fourth-order valence-corrected chi connectivity index (χ4v) is 2.82. The van der Waals surface area contributed by atoms with Gasteiger partial charge in [0, 0.05) is 19.3 Å². The summed E-state index contributed by atoms with van der Waals surface area (Å²) in [6.07, 6.45) is 3.66. The van der Waals surface area contributed by atoms with Crippen molar-refractivity contribution in [3.8, 4) is 5.88 Å². The average molecular weight is 324 g/mol. The van der Waals surface area contributed by atoms with Crippen molar-refractivity contribution in [3.05, 3.63) is 65.4 Å². The van der Waals surface area contributed by atoms with Gasteiger partial charge >= 0.3 is 0 Å². The molecule has 0 bridgehead atoms. The van der Waals surface area contributed by atoms with Gasteiger partial charge in [-0.2, -0.15) is 0 Å². The van der Waals surface area contributed by atoms with Gasteiger partial charge in [0.05, 0.1) is 6.61 Å². The lowest BCUT2D eigenvalue weighted by Crippen LogP contribution is -2.29. The molecule has 1 aromatic heterocycles. The number of ether oxygens (including phenoxy) is 1. The Morgan fingerprint density at radius 1 is 1.29 bits per heavy atom. The highest BCUT2D eigenvalue weighted by Gasteiger charge is 2.25. The summed E-state index contributed by atoms with van der Waals surface area (Å²) >= 11 is 0. The van der Waals surface area contributed by atoms with Crippen molar-refractivity contribution in [2.45, 2.75) is 6.92 Å². The predicted molar refractivity (Wildman–Crippen MR) is 91.9 cm³/mol. The second-order valence-corrected chi connectivity index (χ2v) is 5.66. The van der Waals surface area contributed by atoms with Crippen molar-refractivity contribution in [1.82, 2.24) is 9.88 Å². The van der Waals surface area contributed by atoms with Crippen LogP contribution in [0.2, 0.25) is 0 Å². The number of nitrogens with zero attached hydrogens (tertiary/aromatic N) is 2. The molecule has 1 N–H and O–H groups in total. The largest absolute Gasteiger partial charge is 0.475 e. The quantitative estimate of drug-likeness (QED) is 0.917. The number of amides is 1. The number of rotatable bonds is 5. The standard InChI is InChI=1S/C19H20N2O3/c1-14-5-2-3-6-16(14)15-8-10-21(13-15)19(23)17-7-4-9-20-18(17)24-12-11-22/h2-9,22H,10-13H2,1H3. The van der Waals surface area contributed by atoms with E-state index in [9.17, 15) is 4.79 Å². The molecule has 0 radical (unpaired) electrons. The van der Waals surface area contributed by atoms with Gasteiger partial charge in [0.1, 0.15) is 12.2 Å². The maximum Gasteiger partial charge on any atom is 0.259 e. The predicted octanol–water partition coefficient (Wildman–Crippen LogP) is 2.30. The van der Waals surface area contributed by atoms with E-state index in [1.165, 1.54) is 11.1 Å². The van der Waals surface area contributed by atoms with E-state index in [4.69, 9.17) is 9.84 Å². The van der Waals surface area contributed by atoms with Gasteiger partial charge in [-0.25, -0.2) is 4.98 Å². The van der Waals surface area contributed by atoms with Crippen LogP contribution in [0.5, 0.6) is 5.88 Å². The van der Waals surface area contributed by atoms with Crippen molar-refractivity contribution < 1.29 is 14.6 Å². The number of aliphatic hydroxyl groups is 1. The lowest BCUT2D eigenvalue weighted by atomic mass is 10.0. The third-order valence-electron chi connectivity index (χ3n) is 4.03. The van der Waals surface area contributed by atoms with Gasteiger partial charge in [-0.1, -0.05) is 30.3 Å². The minimum atomic E-state index is -0.118. The topological polar surface area (TPSA) is 62.7 Å². The van der Waals surface area contributed by atoms with Crippen molar-refractivity contribution in [1.29, 1.82) is 0 Å². The zero-order valence-electron chi connectivity index (χ0n) is 13.6. The van der Waals surface area contributed by atoms with Crippen LogP contribution in [0.4, 0.5) is 0 Å². The lowest BCUT2D eigenvalue weighted by Gasteiger charge is -2.18. The first-order chi connectivity index (χ1) is 11.7. The number of aliphatic hydroxyl groups excluding tert-OH is 1. The Hall–Kier alpha value is -2.66. The molecule has 24 heavy (non-hydrogen) atoms. The fourth-order valence-electron chi connectivity index (χ4n) is 2.82. The number of carbonyl (C=O) groups excluding carboxylic acids is 1. The monoisotopic (exact) mass is 324 g/mol. The molecular formula is C19H20N2O3. The second kappa shape index (κ2) is 7.27. The zero-order valence-corrected chi connectivity index (χ0v) is 13.6. The molecule has 0 spiro atoms. The molecule has 3 rings (SSSR count). The van der Waals surface area contributed by atoms with Gasteiger partial charge in [-0.3, -0.25) is 4.79 Å². The molecule has 5 nitrogen and oxygen atoms in total. The summed E-state index contributed by atoms with van der Waals surface area (Å²) in [5.41, 5.74) is 3.95. The molecule has 0 saturated heterocycles. The van der Waals surface area contributed by atoms with Crippen molar-refractivity contribution >= 4 is 11.5 Å². The SMILES string of the molecule is Cc1ccccc1C1=CCN(C(=O)c2cccnc2OCCO)C1. The molecule has 5 heteroatoms. The number of carbonyl (C=O) groups is 1. The molecule has 0 saturated carbocycles. The summed E-state index contributed by atoms with van der Waals surface area (Å²) in [6, 6.07) is 11.6. The molecule has 1 aliphatic heterocycles. The third kappa shape index (κ3) is 3.31. The van der Waals surface area contributed by atoms with Crippen LogP contribution in [0.15, 0.2) is 48.7 Å². The average Bonchev–Trinajstić information content (AvgIpc) is 3.10. The smallest absolute Gasteiger partial charge is 0.259 e. The first kappa shape index (κ1) is 16.2. The Morgan fingerprint density at radius 2 is 2.12 bits per heavy atom. The van der Waals surface area contributed by atoms with E-state index >= 15 is 0 Å². The van der Waals surface area contributed by atoms with Crippen LogP contribution in [0.3, 0.4) is 0 Å². The number of pyridine rings is 1. The molecule has 0 unspecified atom stereocenters. The Bertz CT molecular complexity index is 771. The molecule has 1 amide bonds. The zero-order chi connectivity index (χ0) is 16.9. The van der Waals surface area contributed by atoms with Gasteiger partial charge in [-0.05, 0) is 35.8 Å². The van der Waals surface area contributed by atoms with Crippen LogP contribution in [0, 0.1) is 6.92 Å². The Balaban J connectivity index is 1.76. The van der Waals surface area contributed by atoms with Crippen molar-refractivity contribution in [3.63, 3.8) is 0 Å². The van der Waals surface area contributed by atoms with Crippen LogP contribution in [-0.4, -0.2) is 47.2 Å². The molecular weight excluding hydrogens is 304 g/mol. The second-order valence-electron chi connectivity index (χ2n) is 5.66. The van der Waals surface area contributed by atoms with Gasteiger partial charge in [0.15, 0.2) is 0 Å². The summed E-state index contributed by atoms with van der Waals surface area (Å²) in [6.45, 7) is 3.20. The normalized spacial score (nSPS) is 13.8. The maximum absolute atomic E-state index is 12.8. The highest BCUT2D eigenvalue weighted by molar-refractivity contribution is 5.98. The van der Waals surface area contributed by atoms with Crippen LogP contribution >= 0.6 is 0 Å². The fraction of sp³-hybridized carbons (Fsp3) is 0.263. The maximum atomic E-state index is 12.8. The van der Waals surface area contributed by atoms with E-state index in [0.717, 1.165) is 5.57 Å². The molecule has 2 heterocycles. The first-order valence-electron chi connectivity index (χ1n) is 7.93. The highest BCUT2D eigenvalue weighted by Crippen LogP contribution is 2.26. The minimum Gasteiger partial charge on any atom is -0.475 e. The molecule has 0 fully saturated rings. The summed E-state index contributed by atoms with van der Waals surface area (Å²) in [5, 5.41) is 8.90. The molecule has 1 aromatic carbocycles. The minimum absolute atomic E-state index is 0.115. The van der Waals surface area contributed by atoms with Gasteiger partial charge in [-0.15, -0.1) is 0 Å². The molecule has 124 valence electrons. The van der Waals surface area contributed by atoms with Crippen LogP contribution < -0.4 is 4.74 Å². The molecule has 2 aromatic rings. The van der Waals surface area contributed by atoms with E-state index in [2.05, 4.69) is 30.1 Å². The number of aromatic nitrogens is 1. The summed E-state index contributed by atoms with van der Waals surface area (Å²) in [7, 11) is 0. The van der Waals surface area contributed by atoms with Gasteiger partial charge in [0.2, 0.25) is 5.88 Å². The number of hydrogen-bond donors (Lipinski definition) is 1.